The zero-order valence-corrected chi connectivity index (χ0v) is 11.8. The molecule has 102 valence electrons. The molecule has 0 aliphatic rings. The van der Waals surface area contributed by atoms with Crippen molar-refractivity contribution in [1.82, 2.24) is 10.3 Å². The Labute approximate surface area is 118 Å². The number of hydrogen-bond donors (Lipinski definition) is 1. The summed E-state index contributed by atoms with van der Waals surface area (Å²) in [7, 11) is 1.96. The molecule has 0 radical (unpaired) electrons. The summed E-state index contributed by atoms with van der Waals surface area (Å²) in [6.45, 7) is 2.08. The minimum atomic E-state index is 0.171. The molecule has 0 spiro atoms. The molecule has 0 bridgehead atoms. The van der Waals surface area contributed by atoms with Gasteiger partial charge in [0.05, 0.1) is 6.04 Å². The summed E-state index contributed by atoms with van der Waals surface area (Å²) in [6, 6.07) is 12.6. The van der Waals surface area contributed by atoms with Crippen molar-refractivity contribution in [1.29, 1.82) is 0 Å². The van der Waals surface area contributed by atoms with Crippen LogP contribution in [0.5, 0.6) is 0 Å². The number of nitrogens with zero attached hydrogens (tertiary/aromatic N) is 1. The highest BCUT2D eigenvalue weighted by atomic mass is 16.3. The molecule has 1 unspecified atom stereocenters. The molecule has 0 amide bonds. The standard InChI is InChI=1S/C17H18N2O/c1-12-4-3-5-14-11-16(20-17(12)14)15(18-2)10-13-6-8-19-9-7-13/h3-9,11,15,18H,10H2,1-2H3. The molecule has 2 aromatic heterocycles. The maximum absolute atomic E-state index is 6.05. The number of fused-ring (bicyclic) bond motifs is 1. The third-order valence-corrected chi connectivity index (χ3v) is 3.64. The highest BCUT2D eigenvalue weighted by Crippen LogP contribution is 2.27. The van der Waals surface area contributed by atoms with Crippen LogP contribution in [-0.2, 0) is 6.42 Å². The van der Waals surface area contributed by atoms with E-state index in [1.807, 2.05) is 31.6 Å². The Balaban J connectivity index is 1.93. The summed E-state index contributed by atoms with van der Waals surface area (Å²) in [4.78, 5) is 4.05. The first-order valence-electron chi connectivity index (χ1n) is 6.83. The Morgan fingerprint density at radius 1 is 1.20 bits per heavy atom. The van der Waals surface area contributed by atoms with E-state index in [1.165, 1.54) is 11.1 Å². The predicted octanol–water partition coefficient (Wildman–Crippen LogP) is 3.64. The van der Waals surface area contributed by atoms with Gasteiger partial charge in [0.15, 0.2) is 0 Å². The number of para-hydroxylation sites is 1. The molecule has 0 saturated heterocycles. The normalized spacial score (nSPS) is 12.7. The SMILES string of the molecule is CNC(Cc1ccncc1)c1cc2cccc(C)c2o1. The minimum Gasteiger partial charge on any atom is -0.459 e. The van der Waals surface area contributed by atoms with Crippen molar-refractivity contribution >= 4 is 11.0 Å². The van der Waals surface area contributed by atoms with Crippen LogP contribution in [-0.4, -0.2) is 12.0 Å². The third-order valence-electron chi connectivity index (χ3n) is 3.64. The number of benzene rings is 1. The van der Waals surface area contributed by atoms with Crippen molar-refractivity contribution in [2.24, 2.45) is 0 Å². The van der Waals surface area contributed by atoms with E-state index in [0.717, 1.165) is 23.2 Å². The summed E-state index contributed by atoms with van der Waals surface area (Å²) in [5, 5.41) is 4.50. The highest BCUT2D eigenvalue weighted by molar-refractivity contribution is 5.81. The van der Waals surface area contributed by atoms with Gasteiger partial charge in [-0.05, 0) is 49.7 Å². The molecule has 0 fully saturated rings. The Kier molecular flexibility index (Phi) is 3.52. The molecule has 1 atom stereocenters. The van der Waals surface area contributed by atoms with Gasteiger partial charge in [0.1, 0.15) is 11.3 Å². The number of nitrogens with one attached hydrogen (secondary N) is 1. The molecule has 3 heteroatoms. The van der Waals surface area contributed by atoms with Crippen LogP contribution < -0.4 is 5.32 Å². The van der Waals surface area contributed by atoms with Gasteiger partial charge in [-0.2, -0.15) is 0 Å². The number of likely N-dealkylation sites (N-methyl/N-ethyl adjacent to an activating group) is 1. The molecule has 0 saturated carbocycles. The van der Waals surface area contributed by atoms with E-state index >= 15 is 0 Å². The summed E-state index contributed by atoms with van der Waals surface area (Å²) in [6.07, 6.45) is 4.54. The first-order valence-corrected chi connectivity index (χ1v) is 6.83. The van der Waals surface area contributed by atoms with Crippen LogP contribution in [0.1, 0.15) is 22.9 Å². The van der Waals surface area contributed by atoms with E-state index in [1.54, 1.807) is 0 Å². The number of aryl methyl sites for hydroxylation is 1. The second kappa shape index (κ2) is 5.47. The average Bonchev–Trinajstić information content (AvgIpc) is 2.91. The van der Waals surface area contributed by atoms with Gasteiger partial charge in [-0.3, -0.25) is 4.98 Å². The maximum atomic E-state index is 6.05. The monoisotopic (exact) mass is 266 g/mol. The minimum absolute atomic E-state index is 0.171. The van der Waals surface area contributed by atoms with E-state index in [9.17, 15) is 0 Å². The van der Waals surface area contributed by atoms with Gasteiger partial charge in [-0.25, -0.2) is 0 Å². The van der Waals surface area contributed by atoms with Crippen LogP contribution in [0.2, 0.25) is 0 Å². The van der Waals surface area contributed by atoms with Crippen LogP contribution in [0.4, 0.5) is 0 Å². The largest absolute Gasteiger partial charge is 0.459 e. The number of aromatic nitrogens is 1. The third kappa shape index (κ3) is 2.45. The van der Waals surface area contributed by atoms with Crippen LogP contribution in [0.25, 0.3) is 11.0 Å². The highest BCUT2D eigenvalue weighted by Gasteiger charge is 2.15. The quantitative estimate of drug-likeness (QED) is 0.783. The Morgan fingerprint density at radius 3 is 2.70 bits per heavy atom. The Morgan fingerprint density at radius 2 is 2.00 bits per heavy atom. The second-order valence-electron chi connectivity index (χ2n) is 5.04. The topological polar surface area (TPSA) is 38.1 Å². The van der Waals surface area contributed by atoms with Gasteiger partial charge in [-0.1, -0.05) is 18.2 Å². The van der Waals surface area contributed by atoms with Crippen LogP contribution in [0.3, 0.4) is 0 Å². The number of pyridine rings is 1. The lowest BCUT2D eigenvalue weighted by Crippen LogP contribution is -2.18. The molecule has 3 aromatic rings. The van der Waals surface area contributed by atoms with E-state index < -0.39 is 0 Å². The van der Waals surface area contributed by atoms with Crippen molar-refractivity contribution in [3.05, 3.63) is 65.7 Å². The van der Waals surface area contributed by atoms with E-state index in [2.05, 4.69) is 41.5 Å². The van der Waals surface area contributed by atoms with Crippen molar-refractivity contribution in [2.45, 2.75) is 19.4 Å². The number of hydrogen-bond acceptors (Lipinski definition) is 3. The van der Waals surface area contributed by atoms with E-state index in [4.69, 9.17) is 4.42 Å². The number of rotatable bonds is 4. The molecule has 3 nitrogen and oxygen atoms in total. The van der Waals surface area contributed by atoms with Gasteiger partial charge in [0.25, 0.3) is 0 Å². The van der Waals surface area contributed by atoms with Crippen molar-refractivity contribution in [3.63, 3.8) is 0 Å². The van der Waals surface area contributed by atoms with Crippen LogP contribution in [0, 0.1) is 6.92 Å². The lowest BCUT2D eigenvalue weighted by Gasteiger charge is -2.13. The van der Waals surface area contributed by atoms with E-state index in [-0.39, 0.29) is 6.04 Å². The molecular formula is C17H18N2O. The summed E-state index contributed by atoms with van der Waals surface area (Å²) in [5.41, 5.74) is 3.40. The van der Waals surface area contributed by atoms with Crippen LogP contribution >= 0.6 is 0 Å². The van der Waals surface area contributed by atoms with Gasteiger partial charge < -0.3 is 9.73 Å². The molecule has 0 aliphatic heterocycles. The summed E-state index contributed by atoms with van der Waals surface area (Å²) < 4.78 is 6.05. The summed E-state index contributed by atoms with van der Waals surface area (Å²) >= 11 is 0. The first kappa shape index (κ1) is 12.9. The zero-order valence-electron chi connectivity index (χ0n) is 11.8. The first-order chi connectivity index (χ1) is 9.78. The smallest absolute Gasteiger partial charge is 0.137 e. The average molecular weight is 266 g/mol. The molecule has 0 aliphatic carbocycles. The Hall–Kier alpha value is -2.13. The molecule has 1 N–H and O–H groups in total. The van der Waals surface area contributed by atoms with E-state index in [0.29, 0.717) is 0 Å². The Bertz CT molecular complexity index is 703. The lowest BCUT2D eigenvalue weighted by molar-refractivity contribution is 0.450. The van der Waals surface area contributed by atoms with Crippen molar-refractivity contribution in [3.8, 4) is 0 Å². The zero-order chi connectivity index (χ0) is 13.9. The lowest BCUT2D eigenvalue weighted by atomic mass is 10.0. The molecule has 3 rings (SSSR count). The van der Waals surface area contributed by atoms with Gasteiger partial charge in [0.2, 0.25) is 0 Å². The van der Waals surface area contributed by atoms with Crippen LogP contribution in [0.15, 0.2) is 53.2 Å². The molecule has 1 aromatic carbocycles. The van der Waals surface area contributed by atoms with Crippen molar-refractivity contribution in [2.75, 3.05) is 7.05 Å². The molecule has 20 heavy (non-hydrogen) atoms. The fraction of sp³-hybridized carbons (Fsp3) is 0.235. The maximum Gasteiger partial charge on any atom is 0.137 e. The van der Waals surface area contributed by atoms with Gasteiger partial charge >= 0.3 is 0 Å². The van der Waals surface area contributed by atoms with Gasteiger partial charge in [0, 0.05) is 17.8 Å². The molecule has 2 heterocycles. The number of furan rings is 1. The predicted molar refractivity (Wildman–Crippen MR) is 80.7 cm³/mol. The fourth-order valence-electron chi connectivity index (χ4n) is 2.50. The molecular weight excluding hydrogens is 248 g/mol. The second-order valence-corrected chi connectivity index (χ2v) is 5.04. The van der Waals surface area contributed by atoms with Crippen molar-refractivity contribution < 1.29 is 4.42 Å². The van der Waals surface area contributed by atoms with Gasteiger partial charge in [-0.15, -0.1) is 0 Å². The fourth-order valence-corrected chi connectivity index (χ4v) is 2.50. The summed E-state index contributed by atoms with van der Waals surface area (Å²) in [5.74, 6) is 0.980.